The number of amides is 1. The summed E-state index contributed by atoms with van der Waals surface area (Å²) in [4.78, 5) is 16.2. The van der Waals surface area contributed by atoms with Crippen molar-refractivity contribution in [2.75, 3.05) is 18.5 Å². The van der Waals surface area contributed by atoms with E-state index in [-0.39, 0.29) is 12.0 Å². The highest BCUT2D eigenvalue weighted by Gasteiger charge is 2.16. The van der Waals surface area contributed by atoms with E-state index >= 15 is 0 Å². The smallest absolute Gasteiger partial charge is 0.275 e. The maximum Gasteiger partial charge on any atom is 0.275 e. The second-order valence-corrected chi connectivity index (χ2v) is 6.20. The van der Waals surface area contributed by atoms with Crippen LogP contribution in [0.15, 0.2) is 29.6 Å². The number of rotatable bonds is 6. The van der Waals surface area contributed by atoms with Crippen molar-refractivity contribution >= 4 is 22.9 Å². The van der Waals surface area contributed by atoms with E-state index in [1.54, 1.807) is 17.5 Å². The molecule has 1 aliphatic heterocycles. The fourth-order valence-electron chi connectivity index (χ4n) is 2.30. The summed E-state index contributed by atoms with van der Waals surface area (Å²) in [6.07, 6.45) is 2.34. The van der Waals surface area contributed by atoms with Crippen molar-refractivity contribution in [2.45, 2.75) is 25.5 Å². The number of anilines is 1. The molecule has 0 aliphatic carbocycles. The lowest BCUT2D eigenvalue weighted by Crippen LogP contribution is -2.16. The molecule has 2 aromatic rings. The molecule has 1 saturated heterocycles. The van der Waals surface area contributed by atoms with Crippen LogP contribution in [-0.4, -0.2) is 30.2 Å². The number of carbonyl (C=O) groups excluding carboxylic acids is 1. The second kappa shape index (κ2) is 7.54. The van der Waals surface area contributed by atoms with E-state index in [9.17, 15) is 4.79 Å². The van der Waals surface area contributed by atoms with Gasteiger partial charge in [0.05, 0.1) is 6.10 Å². The molecule has 6 nitrogen and oxygen atoms in total. The average Bonchev–Trinajstić information content (AvgIpc) is 3.25. The number of hydrogen-bond donors (Lipinski definition) is 2. The van der Waals surface area contributed by atoms with Gasteiger partial charge in [0.25, 0.3) is 5.91 Å². The van der Waals surface area contributed by atoms with Gasteiger partial charge in [-0.15, -0.1) is 11.3 Å². The molecule has 0 spiro atoms. The van der Waals surface area contributed by atoms with E-state index in [2.05, 4.69) is 10.3 Å². The highest BCUT2D eigenvalue weighted by molar-refractivity contribution is 7.09. The fraction of sp³-hybridized carbons (Fsp3) is 0.375. The maximum absolute atomic E-state index is 12.1. The van der Waals surface area contributed by atoms with Gasteiger partial charge in [-0.1, -0.05) is 0 Å². The zero-order valence-electron chi connectivity index (χ0n) is 12.7. The SMILES string of the molecule is NCc1nc(C(=O)Nc2ccc(OCC3CCCO3)cc2)cs1. The van der Waals surface area contributed by atoms with Crippen LogP contribution in [0.25, 0.3) is 0 Å². The number of ether oxygens (including phenoxy) is 2. The van der Waals surface area contributed by atoms with Gasteiger partial charge in [-0.2, -0.15) is 0 Å². The van der Waals surface area contributed by atoms with Gasteiger partial charge in [0.2, 0.25) is 0 Å². The summed E-state index contributed by atoms with van der Waals surface area (Å²) in [5, 5.41) is 5.25. The lowest BCUT2D eigenvalue weighted by molar-refractivity contribution is 0.0679. The molecular formula is C16H19N3O3S. The van der Waals surface area contributed by atoms with Gasteiger partial charge in [-0.3, -0.25) is 4.79 Å². The number of aromatic nitrogens is 1. The Morgan fingerprint density at radius 1 is 1.43 bits per heavy atom. The summed E-state index contributed by atoms with van der Waals surface area (Å²) in [5.41, 5.74) is 6.58. The van der Waals surface area contributed by atoms with E-state index in [0.717, 1.165) is 30.2 Å². The molecule has 1 aliphatic rings. The first-order valence-corrected chi connectivity index (χ1v) is 8.43. The van der Waals surface area contributed by atoms with Crippen LogP contribution in [0.1, 0.15) is 28.3 Å². The number of nitrogens with zero attached hydrogens (tertiary/aromatic N) is 1. The molecule has 1 unspecified atom stereocenters. The number of benzene rings is 1. The van der Waals surface area contributed by atoms with Crippen LogP contribution in [0.4, 0.5) is 5.69 Å². The van der Waals surface area contributed by atoms with Gasteiger partial charge in [0.1, 0.15) is 23.1 Å². The van der Waals surface area contributed by atoms with Gasteiger partial charge < -0.3 is 20.5 Å². The molecule has 1 aromatic heterocycles. The van der Waals surface area contributed by atoms with Gasteiger partial charge in [0, 0.05) is 24.2 Å². The Labute approximate surface area is 138 Å². The normalized spacial score (nSPS) is 17.2. The molecule has 0 bridgehead atoms. The Bertz CT molecular complexity index is 651. The molecule has 2 heterocycles. The van der Waals surface area contributed by atoms with Crippen molar-refractivity contribution in [1.82, 2.24) is 4.98 Å². The van der Waals surface area contributed by atoms with Crippen LogP contribution in [0.2, 0.25) is 0 Å². The van der Waals surface area contributed by atoms with Crippen molar-refractivity contribution in [2.24, 2.45) is 5.73 Å². The lowest BCUT2D eigenvalue weighted by Gasteiger charge is -2.11. The zero-order chi connectivity index (χ0) is 16.1. The summed E-state index contributed by atoms with van der Waals surface area (Å²) in [5.74, 6) is 0.520. The van der Waals surface area contributed by atoms with Crippen LogP contribution in [0, 0.1) is 0 Å². The standard InChI is InChI=1S/C16H19N3O3S/c17-8-15-19-14(10-23-15)16(20)18-11-3-5-12(6-4-11)22-9-13-2-1-7-21-13/h3-6,10,13H,1-2,7-9,17H2,(H,18,20). The Balaban J connectivity index is 1.53. The maximum atomic E-state index is 12.1. The molecule has 1 atom stereocenters. The monoisotopic (exact) mass is 333 g/mol. The van der Waals surface area contributed by atoms with Crippen LogP contribution >= 0.6 is 11.3 Å². The van der Waals surface area contributed by atoms with Crippen molar-refractivity contribution in [3.63, 3.8) is 0 Å². The quantitative estimate of drug-likeness (QED) is 0.848. The predicted octanol–water partition coefficient (Wildman–Crippen LogP) is 2.41. The highest BCUT2D eigenvalue weighted by atomic mass is 32.1. The van der Waals surface area contributed by atoms with E-state index < -0.39 is 0 Å². The van der Waals surface area contributed by atoms with E-state index in [0.29, 0.717) is 24.5 Å². The zero-order valence-corrected chi connectivity index (χ0v) is 13.5. The minimum Gasteiger partial charge on any atom is -0.491 e. The van der Waals surface area contributed by atoms with Crippen molar-refractivity contribution in [1.29, 1.82) is 0 Å². The molecule has 122 valence electrons. The number of hydrogen-bond acceptors (Lipinski definition) is 6. The number of carbonyl (C=O) groups is 1. The highest BCUT2D eigenvalue weighted by Crippen LogP contribution is 2.19. The van der Waals surface area contributed by atoms with Crippen LogP contribution in [0.5, 0.6) is 5.75 Å². The third kappa shape index (κ3) is 4.28. The first-order chi connectivity index (χ1) is 11.2. The minimum absolute atomic E-state index is 0.191. The van der Waals surface area contributed by atoms with Gasteiger partial charge in [-0.05, 0) is 37.1 Å². The Kier molecular flexibility index (Phi) is 5.22. The first-order valence-electron chi connectivity index (χ1n) is 7.55. The molecule has 23 heavy (non-hydrogen) atoms. The van der Waals surface area contributed by atoms with Crippen LogP contribution in [-0.2, 0) is 11.3 Å². The summed E-state index contributed by atoms with van der Waals surface area (Å²) < 4.78 is 11.2. The third-order valence-corrected chi connectivity index (χ3v) is 4.40. The summed E-state index contributed by atoms with van der Waals surface area (Å²) >= 11 is 1.38. The largest absolute Gasteiger partial charge is 0.491 e. The van der Waals surface area contributed by atoms with Crippen LogP contribution < -0.4 is 15.8 Å². The van der Waals surface area contributed by atoms with Crippen molar-refractivity contribution in [3.8, 4) is 5.75 Å². The molecule has 3 rings (SSSR count). The molecule has 1 amide bonds. The molecule has 1 aromatic carbocycles. The van der Waals surface area contributed by atoms with Gasteiger partial charge >= 0.3 is 0 Å². The van der Waals surface area contributed by atoms with E-state index in [4.69, 9.17) is 15.2 Å². The van der Waals surface area contributed by atoms with Crippen molar-refractivity contribution < 1.29 is 14.3 Å². The molecule has 0 radical (unpaired) electrons. The summed E-state index contributed by atoms with van der Waals surface area (Å²) in [6.45, 7) is 1.72. The Hall–Kier alpha value is -1.96. The van der Waals surface area contributed by atoms with E-state index in [1.165, 1.54) is 11.3 Å². The van der Waals surface area contributed by atoms with Crippen LogP contribution in [0.3, 0.4) is 0 Å². The Morgan fingerprint density at radius 2 is 2.26 bits per heavy atom. The van der Waals surface area contributed by atoms with Crippen molar-refractivity contribution in [3.05, 3.63) is 40.3 Å². The Morgan fingerprint density at radius 3 is 2.91 bits per heavy atom. The first kappa shape index (κ1) is 15.9. The summed E-state index contributed by atoms with van der Waals surface area (Å²) in [6, 6.07) is 7.27. The second-order valence-electron chi connectivity index (χ2n) is 5.26. The summed E-state index contributed by atoms with van der Waals surface area (Å²) in [7, 11) is 0. The lowest BCUT2D eigenvalue weighted by atomic mass is 10.2. The van der Waals surface area contributed by atoms with E-state index in [1.807, 2.05) is 12.1 Å². The average molecular weight is 333 g/mol. The minimum atomic E-state index is -0.242. The molecule has 0 saturated carbocycles. The number of nitrogens with one attached hydrogen (secondary N) is 1. The third-order valence-electron chi connectivity index (χ3n) is 3.53. The number of nitrogens with two attached hydrogens (primary N) is 1. The molecule has 7 heteroatoms. The molecule has 1 fully saturated rings. The van der Waals surface area contributed by atoms with Gasteiger partial charge in [-0.25, -0.2) is 4.98 Å². The molecule has 3 N–H and O–H groups in total. The predicted molar refractivity (Wildman–Crippen MR) is 88.9 cm³/mol. The number of thiazole rings is 1. The van der Waals surface area contributed by atoms with Gasteiger partial charge in [0.15, 0.2) is 0 Å². The molecular weight excluding hydrogens is 314 g/mol. The fourth-order valence-corrected chi connectivity index (χ4v) is 2.96. The topological polar surface area (TPSA) is 86.5 Å².